The summed E-state index contributed by atoms with van der Waals surface area (Å²) in [5.74, 6) is -0.353. The molecule has 1 nitrogen and oxygen atoms in total. The van der Waals surface area contributed by atoms with Crippen LogP contribution in [0.2, 0.25) is 5.02 Å². The van der Waals surface area contributed by atoms with Crippen LogP contribution in [0.1, 0.15) is 11.1 Å². The molecule has 0 heterocycles. The summed E-state index contributed by atoms with van der Waals surface area (Å²) in [5.41, 5.74) is 1.42. The number of nitrogens with zero attached hydrogens (tertiary/aromatic N) is 1. The largest absolute Gasteiger partial charge is 0.288 e. The molecule has 0 aliphatic rings. The Hall–Kier alpha value is -0.940. The Morgan fingerprint density at radius 1 is 1.17 bits per heavy atom. The first kappa shape index (κ1) is 13.5. The molecule has 2 aromatic rings. The highest BCUT2D eigenvalue weighted by molar-refractivity contribution is 14.1. The van der Waals surface area contributed by atoms with Crippen LogP contribution in [0.15, 0.2) is 47.5 Å². The van der Waals surface area contributed by atoms with Gasteiger partial charge in [-0.3, -0.25) is 4.99 Å². The van der Waals surface area contributed by atoms with Crippen LogP contribution >= 0.6 is 34.2 Å². The van der Waals surface area contributed by atoms with Crippen LogP contribution in [0, 0.1) is 9.39 Å². The molecule has 0 saturated heterocycles. The van der Waals surface area contributed by atoms with Crippen LogP contribution in [0.3, 0.4) is 0 Å². The topological polar surface area (TPSA) is 12.4 Å². The minimum absolute atomic E-state index is 0.338. The van der Waals surface area contributed by atoms with Crippen molar-refractivity contribution in [1.82, 2.24) is 0 Å². The van der Waals surface area contributed by atoms with Gasteiger partial charge in [0.1, 0.15) is 5.82 Å². The van der Waals surface area contributed by atoms with Gasteiger partial charge in [-0.05, 0) is 52.4 Å². The summed E-state index contributed by atoms with van der Waals surface area (Å²) in [6.07, 6.45) is 1.48. The van der Waals surface area contributed by atoms with Crippen LogP contribution in [0.4, 0.5) is 4.39 Å². The smallest absolute Gasteiger partial charge is 0.133 e. The van der Waals surface area contributed by atoms with E-state index in [2.05, 4.69) is 27.6 Å². The van der Waals surface area contributed by atoms with Gasteiger partial charge in [0, 0.05) is 15.3 Å². The second kappa shape index (κ2) is 6.29. The number of halogens is 3. The summed E-state index contributed by atoms with van der Waals surface area (Å²) in [5, 5.41) is 0.376. The molecule has 0 aromatic heterocycles. The van der Waals surface area contributed by atoms with E-state index in [9.17, 15) is 4.39 Å². The molecule has 0 fully saturated rings. The minimum Gasteiger partial charge on any atom is -0.288 e. The molecule has 4 heteroatoms. The Labute approximate surface area is 124 Å². The van der Waals surface area contributed by atoms with Crippen LogP contribution in [0.5, 0.6) is 0 Å². The lowest BCUT2D eigenvalue weighted by Gasteiger charge is -2.00. The third-order valence-corrected chi connectivity index (χ3v) is 3.46. The standard InChI is InChI=1S/C14H10ClFIN/c15-13-2-1-3-14(16)12(13)9-18-8-10-4-6-11(17)7-5-10/h1-7,9H,8H2. The van der Waals surface area contributed by atoms with Crippen molar-refractivity contribution in [3.8, 4) is 0 Å². The maximum Gasteiger partial charge on any atom is 0.133 e. The fraction of sp³-hybridized carbons (Fsp3) is 0.0714. The lowest BCUT2D eigenvalue weighted by molar-refractivity contribution is 0.626. The minimum atomic E-state index is -0.353. The summed E-state index contributed by atoms with van der Waals surface area (Å²) in [4.78, 5) is 4.21. The highest BCUT2D eigenvalue weighted by Crippen LogP contribution is 2.17. The zero-order valence-electron chi connectivity index (χ0n) is 9.41. The average Bonchev–Trinajstić information content (AvgIpc) is 2.35. The van der Waals surface area contributed by atoms with Crippen molar-refractivity contribution in [3.05, 3.63) is 68.0 Å². The zero-order valence-corrected chi connectivity index (χ0v) is 12.3. The lowest BCUT2D eigenvalue weighted by atomic mass is 10.2. The molecule has 2 rings (SSSR count). The SMILES string of the molecule is Fc1cccc(Cl)c1C=NCc1ccc(I)cc1. The molecule has 2 aromatic carbocycles. The van der Waals surface area contributed by atoms with Crippen molar-refractivity contribution < 1.29 is 4.39 Å². The third-order valence-electron chi connectivity index (χ3n) is 2.41. The first-order chi connectivity index (χ1) is 8.66. The maximum absolute atomic E-state index is 13.5. The molecule has 0 aliphatic carbocycles. The molecule has 0 spiro atoms. The maximum atomic E-state index is 13.5. The van der Waals surface area contributed by atoms with Crippen molar-refractivity contribution in [1.29, 1.82) is 0 Å². The van der Waals surface area contributed by atoms with E-state index >= 15 is 0 Å². The van der Waals surface area contributed by atoms with Gasteiger partial charge < -0.3 is 0 Å². The normalized spacial score (nSPS) is 11.1. The van der Waals surface area contributed by atoms with Gasteiger partial charge in [0.2, 0.25) is 0 Å². The average molecular weight is 374 g/mol. The van der Waals surface area contributed by atoms with Crippen molar-refractivity contribution in [2.24, 2.45) is 4.99 Å². The van der Waals surface area contributed by atoms with Crippen LogP contribution in [-0.2, 0) is 6.54 Å². The van der Waals surface area contributed by atoms with Crippen molar-refractivity contribution in [2.75, 3.05) is 0 Å². The van der Waals surface area contributed by atoms with Gasteiger partial charge in [-0.25, -0.2) is 4.39 Å². The van der Waals surface area contributed by atoms with E-state index in [1.807, 2.05) is 24.3 Å². The van der Waals surface area contributed by atoms with Crippen LogP contribution in [-0.4, -0.2) is 6.21 Å². The second-order valence-corrected chi connectivity index (χ2v) is 5.38. The molecule has 0 amide bonds. The number of rotatable bonds is 3. The Morgan fingerprint density at radius 2 is 1.89 bits per heavy atom. The molecule has 92 valence electrons. The number of aliphatic imine (C=N–C) groups is 1. The fourth-order valence-corrected chi connectivity index (χ4v) is 2.04. The molecule has 0 aliphatic heterocycles. The molecule has 0 radical (unpaired) electrons. The number of hydrogen-bond donors (Lipinski definition) is 0. The molecule has 0 atom stereocenters. The van der Waals surface area contributed by atoms with E-state index in [4.69, 9.17) is 11.6 Å². The Bertz CT molecular complexity index is 546. The monoisotopic (exact) mass is 373 g/mol. The van der Waals surface area contributed by atoms with Gasteiger partial charge in [-0.2, -0.15) is 0 Å². The van der Waals surface area contributed by atoms with E-state index < -0.39 is 0 Å². The van der Waals surface area contributed by atoms with E-state index in [0.29, 0.717) is 17.1 Å². The van der Waals surface area contributed by atoms with E-state index in [1.54, 1.807) is 12.1 Å². The Kier molecular flexibility index (Phi) is 4.72. The molecule has 0 N–H and O–H groups in total. The predicted molar refractivity (Wildman–Crippen MR) is 81.9 cm³/mol. The van der Waals surface area contributed by atoms with Crippen LogP contribution in [0.25, 0.3) is 0 Å². The van der Waals surface area contributed by atoms with E-state index in [1.165, 1.54) is 15.9 Å². The lowest BCUT2D eigenvalue weighted by Crippen LogP contribution is -1.90. The molecule has 0 unspecified atom stereocenters. The molecular weight excluding hydrogens is 364 g/mol. The van der Waals surface area contributed by atoms with Gasteiger partial charge >= 0.3 is 0 Å². The fourth-order valence-electron chi connectivity index (χ4n) is 1.47. The summed E-state index contributed by atoms with van der Waals surface area (Å²) >= 11 is 8.15. The molecule has 0 bridgehead atoms. The van der Waals surface area contributed by atoms with E-state index in [-0.39, 0.29) is 5.82 Å². The van der Waals surface area contributed by atoms with Crippen molar-refractivity contribution >= 4 is 40.4 Å². The first-order valence-corrected chi connectivity index (χ1v) is 6.81. The quantitative estimate of drug-likeness (QED) is 0.546. The van der Waals surface area contributed by atoms with E-state index in [0.717, 1.165) is 5.56 Å². The number of hydrogen-bond acceptors (Lipinski definition) is 1. The first-order valence-electron chi connectivity index (χ1n) is 5.35. The van der Waals surface area contributed by atoms with Gasteiger partial charge in [0.25, 0.3) is 0 Å². The van der Waals surface area contributed by atoms with Crippen molar-refractivity contribution in [2.45, 2.75) is 6.54 Å². The number of benzene rings is 2. The third kappa shape index (κ3) is 3.53. The van der Waals surface area contributed by atoms with Gasteiger partial charge in [0.15, 0.2) is 0 Å². The second-order valence-electron chi connectivity index (χ2n) is 3.73. The Balaban J connectivity index is 2.10. The zero-order chi connectivity index (χ0) is 13.0. The van der Waals surface area contributed by atoms with Gasteiger partial charge in [-0.15, -0.1) is 0 Å². The van der Waals surface area contributed by atoms with Gasteiger partial charge in [0.05, 0.1) is 11.6 Å². The van der Waals surface area contributed by atoms with Crippen molar-refractivity contribution in [3.63, 3.8) is 0 Å². The van der Waals surface area contributed by atoms with Gasteiger partial charge in [-0.1, -0.05) is 29.8 Å². The summed E-state index contributed by atoms with van der Waals surface area (Å²) in [6, 6.07) is 12.6. The summed E-state index contributed by atoms with van der Waals surface area (Å²) in [7, 11) is 0. The Morgan fingerprint density at radius 3 is 2.56 bits per heavy atom. The molecule has 18 heavy (non-hydrogen) atoms. The highest BCUT2D eigenvalue weighted by Gasteiger charge is 2.02. The summed E-state index contributed by atoms with van der Waals surface area (Å²) < 4.78 is 14.6. The van der Waals surface area contributed by atoms with Crippen LogP contribution < -0.4 is 0 Å². The highest BCUT2D eigenvalue weighted by atomic mass is 127. The molecule has 0 saturated carbocycles. The molecular formula is C14H10ClFIN. The summed E-state index contributed by atoms with van der Waals surface area (Å²) in [6.45, 7) is 0.515. The predicted octanol–water partition coefficient (Wildman–Crippen LogP) is 4.70.